The minimum Gasteiger partial charge on any atom is -0.368 e. The van der Waals surface area contributed by atoms with Crippen molar-refractivity contribution in [1.82, 2.24) is 15.1 Å². The maximum Gasteiger partial charge on any atom is 0.237 e. The first-order valence-corrected chi connectivity index (χ1v) is 5.87. The zero-order valence-electron chi connectivity index (χ0n) is 10.9. The van der Waals surface area contributed by atoms with E-state index in [9.17, 15) is 4.79 Å². The van der Waals surface area contributed by atoms with Gasteiger partial charge in [0.1, 0.15) is 0 Å². The molecule has 0 saturated carbocycles. The molecule has 96 valence electrons. The Kier molecular flexibility index (Phi) is 3.09. The van der Waals surface area contributed by atoms with E-state index >= 15 is 0 Å². The number of carbonyl (C=O) groups is 1. The molecule has 5 heteroatoms. The molecule has 0 unspecified atom stereocenters. The maximum absolute atomic E-state index is 11.2. The Hall–Kier alpha value is -1.88. The minimum absolute atomic E-state index is 0.372. The molecule has 2 rings (SSSR count). The summed E-state index contributed by atoms with van der Waals surface area (Å²) in [6, 6.07) is 8.00. The summed E-state index contributed by atoms with van der Waals surface area (Å²) in [6.45, 7) is 4.04. The van der Waals surface area contributed by atoms with Gasteiger partial charge in [0.25, 0.3) is 0 Å². The second-order valence-corrected chi connectivity index (χ2v) is 4.93. The number of para-hydroxylation sites is 1. The number of nitrogens with zero attached hydrogens (tertiary/aromatic N) is 2. The van der Waals surface area contributed by atoms with E-state index in [0.29, 0.717) is 6.54 Å². The van der Waals surface area contributed by atoms with Gasteiger partial charge in [-0.2, -0.15) is 5.10 Å². The molecular weight excluding hydrogens is 228 g/mol. The zero-order chi connectivity index (χ0) is 13.3. The summed E-state index contributed by atoms with van der Waals surface area (Å²) in [4.78, 5) is 11.2. The molecule has 18 heavy (non-hydrogen) atoms. The molecule has 0 spiro atoms. The standard InChI is InChI=1S/C13H18N4O/c1-13(2,12(14)18)15-8-10-9-6-4-5-7-11(9)17(3)16-10/h4-7,15H,8H2,1-3H3,(H2,14,18). The van der Waals surface area contributed by atoms with Crippen LogP contribution in [0.25, 0.3) is 10.9 Å². The molecule has 0 aliphatic carbocycles. The number of rotatable bonds is 4. The average Bonchev–Trinajstić information content (AvgIpc) is 2.65. The summed E-state index contributed by atoms with van der Waals surface area (Å²) in [5.74, 6) is -0.372. The highest BCUT2D eigenvalue weighted by atomic mass is 16.1. The SMILES string of the molecule is Cn1nc(CNC(C)(C)C(N)=O)c2ccccc21. The monoisotopic (exact) mass is 246 g/mol. The van der Waals surface area contributed by atoms with Crippen LogP contribution >= 0.6 is 0 Å². The number of carbonyl (C=O) groups excluding carboxylic acids is 1. The molecule has 1 aromatic heterocycles. The quantitative estimate of drug-likeness (QED) is 0.842. The van der Waals surface area contributed by atoms with Gasteiger partial charge in [-0.25, -0.2) is 0 Å². The second kappa shape index (κ2) is 4.42. The van der Waals surface area contributed by atoms with Crippen LogP contribution in [0.2, 0.25) is 0 Å². The molecule has 1 amide bonds. The Morgan fingerprint density at radius 3 is 2.78 bits per heavy atom. The molecule has 5 nitrogen and oxygen atoms in total. The molecule has 0 radical (unpaired) electrons. The highest BCUT2D eigenvalue weighted by Gasteiger charge is 2.24. The highest BCUT2D eigenvalue weighted by molar-refractivity contribution is 5.84. The summed E-state index contributed by atoms with van der Waals surface area (Å²) in [6.07, 6.45) is 0. The van der Waals surface area contributed by atoms with Crippen LogP contribution in [-0.4, -0.2) is 21.2 Å². The van der Waals surface area contributed by atoms with Crippen molar-refractivity contribution in [3.63, 3.8) is 0 Å². The number of primary amides is 1. The molecule has 1 aromatic carbocycles. The van der Waals surface area contributed by atoms with E-state index < -0.39 is 5.54 Å². The molecule has 0 bridgehead atoms. The van der Waals surface area contributed by atoms with Crippen molar-refractivity contribution in [3.05, 3.63) is 30.0 Å². The Morgan fingerprint density at radius 1 is 1.44 bits per heavy atom. The summed E-state index contributed by atoms with van der Waals surface area (Å²) in [7, 11) is 1.91. The fraction of sp³-hybridized carbons (Fsp3) is 0.385. The van der Waals surface area contributed by atoms with Crippen LogP contribution in [0.5, 0.6) is 0 Å². The Morgan fingerprint density at radius 2 is 2.11 bits per heavy atom. The van der Waals surface area contributed by atoms with Crippen molar-refractivity contribution in [2.75, 3.05) is 0 Å². The third kappa shape index (κ3) is 2.22. The highest BCUT2D eigenvalue weighted by Crippen LogP contribution is 2.17. The number of aryl methyl sites for hydroxylation is 1. The molecule has 0 saturated heterocycles. The Balaban J connectivity index is 2.25. The first-order chi connectivity index (χ1) is 8.42. The third-order valence-corrected chi connectivity index (χ3v) is 3.15. The van der Waals surface area contributed by atoms with Crippen LogP contribution in [0, 0.1) is 0 Å². The molecule has 0 aliphatic heterocycles. The van der Waals surface area contributed by atoms with E-state index in [-0.39, 0.29) is 5.91 Å². The number of fused-ring (bicyclic) bond motifs is 1. The van der Waals surface area contributed by atoms with E-state index in [1.54, 1.807) is 13.8 Å². The number of amides is 1. The number of hydrogen-bond donors (Lipinski definition) is 2. The van der Waals surface area contributed by atoms with E-state index in [0.717, 1.165) is 16.6 Å². The number of hydrogen-bond acceptors (Lipinski definition) is 3. The van der Waals surface area contributed by atoms with E-state index in [1.807, 2.05) is 36.0 Å². The summed E-state index contributed by atoms with van der Waals surface area (Å²) in [5, 5.41) is 8.67. The van der Waals surface area contributed by atoms with Gasteiger partial charge in [-0.15, -0.1) is 0 Å². The lowest BCUT2D eigenvalue weighted by molar-refractivity contribution is -0.123. The van der Waals surface area contributed by atoms with Gasteiger partial charge in [0.2, 0.25) is 5.91 Å². The average molecular weight is 246 g/mol. The van der Waals surface area contributed by atoms with Gasteiger partial charge in [-0.05, 0) is 19.9 Å². The van der Waals surface area contributed by atoms with Crippen molar-refractivity contribution < 1.29 is 4.79 Å². The lowest BCUT2D eigenvalue weighted by Gasteiger charge is -2.21. The van der Waals surface area contributed by atoms with E-state index in [4.69, 9.17) is 5.73 Å². The Bertz CT molecular complexity index is 586. The van der Waals surface area contributed by atoms with Gasteiger partial charge >= 0.3 is 0 Å². The fourth-order valence-electron chi connectivity index (χ4n) is 1.81. The molecule has 0 fully saturated rings. The smallest absolute Gasteiger partial charge is 0.237 e. The molecule has 2 aromatic rings. The van der Waals surface area contributed by atoms with Crippen LogP contribution in [0.1, 0.15) is 19.5 Å². The third-order valence-electron chi connectivity index (χ3n) is 3.15. The molecule has 0 aliphatic rings. The molecular formula is C13H18N4O. The van der Waals surface area contributed by atoms with Crippen LogP contribution in [0.3, 0.4) is 0 Å². The number of benzene rings is 1. The molecule has 3 N–H and O–H groups in total. The van der Waals surface area contributed by atoms with Gasteiger partial charge in [0.15, 0.2) is 0 Å². The normalized spacial score (nSPS) is 11.9. The van der Waals surface area contributed by atoms with Crippen molar-refractivity contribution in [2.45, 2.75) is 25.9 Å². The first-order valence-electron chi connectivity index (χ1n) is 5.87. The van der Waals surface area contributed by atoms with Crippen molar-refractivity contribution in [3.8, 4) is 0 Å². The topological polar surface area (TPSA) is 72.9 Å². The van der Waals surface area contributed by atoms with Gasteiger partial charge < -0.3 is 5.73 Å². The summed E-state index contributed by atoms with van der Waals surface area (Å²) >= 11 is 0. The van der Waals surface area contributed by atoms with Gasteiger partial charge in [-0.3, -0.25) is 14.8 Å². The fourth-order valence-corrected chi connectivity index (χ4v) is 1.81. The number of nitrogens with one attached hydrogen (secondary N) is 1. The number of nitrogens with two attached hydrogens (primary N) is 1. The van der Waals surface area contributed by atoms with Crippen LogP contribution in [0.4, 0.5) is 0 Å². The predicted molar refractivity (Wildman–Crippen MR) is 70.8 cm³/mol. The van der Waals surface area contributed by atoms with Crippen LogP contribution in [-0.2, 0) is 18.4 Å². The number of aromatic nitrogens is 2. The molecule has 0 atom stereocenters. The van der Waals surface area contributed by atoms with Crippen LogP contribution in [0.15, 0.2) is 24.3 Å². The van der Waals surface area contributed by atoms with Gasteiger partial charge in [-0.1, -0.05) is 18.2 Å². The second-order valence-electron chi connectivity index (χ2n) is 4.93. The minimum atomic E-state index is -0.737. The molecule has 1 heterocycles. The lowest BCUT2D eigenvalue weighted by atomic mass is 10.0. The van der Waals surface area contributed by atoms with E-state index in [2.05, 4.69) is 10.4 Å². The Labute approximate surface area is 106 Å². The van der Waals surface area contributed by atoms with Crippen molar-refractivity contribution in [1.29, 1.82) is 0 Å². The maximum atomic E-state index is 11.2. The predicted octanol–water partition coefficient (Wildman–Crippen LogP) is 0.927. The largest absolute Gasteiger partial charge is 0.368 e. The zero-order valence-corrected chi connectivity index (χ0v) is 10.9. The van der Waals surface area contributed by atoms with Gasteiger partial charge in [0, 0.05) is 19.0 Å². The first kappa shape index (κ1) is 12.6. The van der Waals surface area contributed by atoms with E-state index in [1.165, 1.54) is 0 Å². The van der Waals surface area contributed by atoms with Crippen LogP contribution < -0.4 is 11.1 Å². The van der Waals surface area contributed by atoms with Crippen molar-refractivity contribution in [2.24, 2.45) is 12.8 Å². The summed E-state index contributed by atoms with van der Waals surface area (Å²) in [5.41, 5.74) is 6.58. The lowest BCUT2D eigenvalue weighted by Crippen LogP contribution is -2.50. The van der Waals surface area contributed by atoms with Gasteiger partial charge in [0.05, 0.1) is 16.7 Å². The summed E-state index contributed by atoms with van der Waals surface area (Å²) < 4.78 is 1.84. The van der Waals surface area contributed by atoms with Crippen molar-refractivity contribution >= 4 is 16.8 Å².